The summed E-state index contributed by atoms with van der Waals surface area (Å²) in [6.07, 6.45) is 3.22. The molecule has 0 aromatic carbocycles. The summed E-state index contributed by atoms with van der Waals surface area (Å²) in [4.78, 5) is 19.0. The van der Waals surface area contributed by atoms with Crippen LogP contribution in [0.15, 0.2) is 34.7 Å². The Bertz CT molecular complexity index is 769. The molecule has 0 aliphatic heterocycles. The maximum absolute atomic E-state index is 11.8. The van der Waals surface area contributed by atoms with E-state index < -0.39 is 6.10 Å². The van der Waals surface area contributed by atoms with Crippen molar-refractivity contribution in [3.05, 3.63) is 51.6 Å². The van der Waals surface area contributed by atoms with Crippen LogP contribution in [0.25, 0.3) is 10.2 Å². The molecule has 2 N–H and O–H groups in total. The highest BCUT2D eigenvalue weighted by atomic mass is 32.1. The molecule has 1 unspecified atom stereocenters. The second-order valence-corrected chi connectivity index (χ2v) is 5.36. The number of aromatic nitrogens is 3. The van der Waals surface area contributed by atoms with Gasteiger partial charge in [0.15, 0.2) is 0 Å². The van der Waals surface area contributed by atoms with Gasteiger partial charge in [0.05, 0.1) is 18.2 Å². The lowest BCUT2D eigenvalue weighted by atomic mass is 10.2. The van der Waals surface area contributed by atoms with Crippen molar-refractivity contribution in [2.75, 3.05) is 0 Å². The highest BCUT2D eigenvalue weighted by Crippen LogP contribution is 2.15. The summed E-state index contributed by atoms with van der Waals surface area (Å²) in [6.45, 7) is 2.20. The maximum atomic E-state index is 11.8. The molecular formula is C13H13N3O2S. The molecule has 0 saturated heterocycles. The van der Waals surface area contributed by atoms with E-state index in [0.717, 1.165) is 11.1 Å². The summed E-state index contributed by atoms with van der Waals surface area (Å²) in [5.41, 5.74) is 1.48. The first kappa shape index (κ1) is 12.1. The Kier molecular flexibility index (Phi) is 2.96. The van der Waals surface area contributed by atoms with Crippen molar-refractivity contribution in [1.29, 1.82) is 0 Å². The number of nitrogens with zero attached hydrogens (tertiary/aromatic N) is 2. The number of hydrogen-bond donors (Lipinski definition) is 2. The van der Waals surface area contributed by atoms with Crippen LogP contribution in [0.1, 0.15) is 24.4 Å². The smallest absolute Gasteiger partial charge is 0.268 e. The van der Waals surface area contributed by atoms with E-state index >= 15 is 0 Å². The van der Waals surface area contributed by atoms with Crippen molar-refractivity contribution in [2.24, 2.45) is 0 Å². The lowest BCUT2D eigenvalue weighted by Gasteiger charge is -2.03. The van der Waals surface area contributed by atoms with E-state index in [-0.39, 0.29) is 5.56 Å². The van der Waals surface area contributed by atoms with Crippen LogP contribution in [-0.4, -0.2) is 19.6 Å². The molecule has 0 amide bonds. The normalized spacial score (nSPS) is 12.9. The Hall–Kier alpha value is -1.92. The Morgan fingerprint density at radius 3 is 3.11 bits per heavy atom. The van der Waals surface area contributed by atoms with E-state index in [9.17, 15) is 9.90 Å². The molecule has 0 aliphatic carbocycles. The van der Waals surface area contributed by atoms with Crippen molar-refractivity contribution in [3.8, 4) is 0 Å². The zero-order chi connectivity index (χ0) is 13.4. The van der Waals surface area contributed by atoms with Gasteiger partial charge in [-0.1, -0.05) is 0 Å². The van der Waals surface area contributed by atoms with E-state index in [1.165, 1.54) is 11.3 Å². The van der Waals surface area contributed by atoms with Gasteiger partial charge in [0.25, 0.3) is 5.56 Å². The minimum Gasteiger partial charge on any atom is -0.389 e. The number of fused-ring (bicyclic) bond motifs is 1. The third kappa shape index (κ3) is 2.32. The SMILES string of the molecule is CC(O)c1ccn(Cc2nc3ccsc3c(=O)[nH]2)c1. The second kappa shape index (κ2) is 4.64. The van der Waals surface area contributed by atoms with Crippen LogP contribution in [0.5, 0.6) is 0 Å². The van der Waals surface area contributed by atoms with E-state index in [2.05, 4.69) is 9.97 Å². The highest BCUT2D eigenvalue weighted by molar-refractivity contribution is 7.17. The molecule has 0 spiro atoms. The van der Waals surface area contributed by atoms with Crippen molar-refractivity contribution >= 4 is 21.6 Å². The van der Waals surface area contributed by atoms with Crippen LogP contribution < -0.4 is 5.56 Å². The Morgan fingerprint density at radius 1 is 1.53 bits per heavy atom. The average molecular weight is 275 g/mol. The zero-order valence-electron chi connectivity index (χ0n) is 10.3. The molecule has 19 heavy (non-hydrogen) atoms. The van der Waals surface area contributed by atoms with E-state index in [1.807, 2.05) is 34.5 Å². The predicted molar refractivity (Wildman–Crippen MR) is 74.4 cm³/mol. The van der Waals surface area contributed by atoms with Crippen molar-refractivity contribution in [1.82, 2.24) is 14.5 Å². The number of thiophene rings is 1. The van der Waals surface area contributed by atoms with Crippen LogP contribution >= 0.6 is 11.3 Å². The molecule has 3 aromatic heterocycles. The fourth-order valence-electron chi connectivity index (χ4n) is 1.97. The summed E-state index contributed by atoms with van der Waals surface area (Å²) in [5.74, 6) is 0.614. The van der Waals surface area contributed by atoms with Gasteiger partial charge >= 0.3 is 0 Å². The lowest BCUT2D eigenvalue weighted by Crippen LogP contribution is -2.12. The Morgan fingerprint density at radius 2 is 2.37 bits per heavy atom. The highest BCUT2D eigenvalue weighted by Gasteiger charge is 2.07. The number of aliphatic hydroxyl groups excluding tert-OH is 1. The van der Waals surface area contributed by atoms with Gasteiger partial charge in [-0.3, -0.25) is 4.79 Å². The summed E-state index contributed by atoms with van der Waals surface area (Å²) < 4.78 is 2.54. The molecule has 3 aromatic rings. The molecule has 98 valence electrons. The first-order valence-corrected chi connectivity index (χ1v) is 6.81. The van der Waals surface area contributed by atoms with Crippen LogP contribution in [0.2, 0.25) is 0 Å². The third-order valence-electron chi connectivity index (χ3n) is 2.95. The summed E-state index contributed by atoms with van der Waals surface area (Å²) in [5, 5.41) is 11.3. The Balaban J connectivity index is 1.93. The third-order valence-corrected chi connectivity index (χ3v) is 3.85. The van der Waals surface area contributed by atoms with Gasteiger partial charge < -0.3 is 14.7 Å². The van der Waals surface area contributed by atoms with Gasteiger partial charge in [-0.2, -0.15) is 0 Å². The molecule has 0 fully saturated rings. The van der Waals surface area contributed by atoms with Crippen molar-refractivity contribution in [3.63, 3.8) is 0 Å². The molecule has 0 aliphatic rings. The molecule has 0 radical (unpaired) electrons. The average Bonchev–Trinajstić information content (AvgIpc) is 2.97. The first-order valence-electron chi connectivity index (χ1n) is 5.93. The zero-order valence-corrected chi connectivity index (χ0v) is 11.1. The van der Waals surface area contributed by atoms with Crippen molar-refractivity contribution in [2.45, 2.75) is 19.6 Å². The van der Waals surface area contributed by atoms with E-state index in [0.29, 0.717) is 17.1 Å². The topological polar surface area (TPSA) is 70.9 Å². The van der Waals surface area contributed by atoms with Gasteiger partial charge in [0.1, 0.15) is 10.5 Å². The maximum Gasteiger partial charge on any atom is 0.268 e. The number of rotatable bonds is 3. The van der Waals surface area contributed by atoms with Crippen LogP contribution in [-0.2, 0) is 6.54 Å². The Labute approximate surface area is 113 Å². The van der Waals surface area contributed by atoms with Crippen molar-refractivity contribution < 1.29 is 5.11 Å². The first-order chi connectivity index (χ1) is 9.13. The minimum absolute atomic E-state index is 0.0992. The van der Waals surface area contributed by atoms with Gasteiger partial charge in [0, 0.05) is 12.4 Å². The molecule has 0 saturated carbocycles. The largest absolute Gasteiger partial charge is 0.389 e. The number of aromatic amines is 1. The second-order valence-electron chi connectivity index (χ2n) is 4.44. The molecule has 5 nitrogen and oxygen atoms in total. The van der Waals surface area contributed by atoms with E-state index in [1.54, 1.807) is 6.92 Å². The fourth-order valence-corrected chi connectivity index (χ4v) is 2.70. The molecule has 1 atom stereocenters. The number of nitrogens with one attached hydrogen (secondary N) is 1. The van der Waals surface area contributed by atoms with Gasteiger partial charge in [-0.05, 0) is 30.0 Å². The quantitative estimate of drug-likeness (QED) is 0.766. The number of aliphatic hydroxyl groups is 1. The fraction of sp³-hybridized carbons (Fsp3) is 0.231. The number of hydrogen-bond acceptors (Lipinski definition) is 4. The molecule has 3 rings (SSSR count). The summed E-state index contributed by atoms with van der Waals surface area (Å²) in [7, 11) is 0. The molecule has 0 bridgehead atoms. The number of H-pyrrole nitrogens is 1. The lowest BCUT2D eigenvalue weighted by molar-refractivity contribution is 0.199. The summed E-state index contributed by atoms with van der Waals surface area (Å²) in [6, 6.07) is 3.70. The van der Waals surface area contributed by atoms with Crippen LogP contribution in [0.4, 0.5) is 0 Å². The molecule has 6 heteroatoms. The monoisotopic (exact) mass is 275 g/mol. The van der Waals surface area contributed by atoms with Gasteiger partial charge in [-0.15, -0.1) is 11.3 Å². The molecular weight excluding hydrogens is 262 g/mol. The minimum atomic E-state index is -0.493. The van der Waals surface area contributed by atoms with Crippen LogP contribution in [0.3, 0.4) is 0 Å². The van der Waals surface area contributed by atoms with Crippen LogP contribution in [0, 0.1) is 0 Å². The van der Waals surface area contributed by atoms with Gasteiger partial charge in [-0.25, -0.2) is 4.98 Å². The summed E-state index contributed by atoms with van der Waals surface area (Å²) >= 11 is 1.39. The predicted octanol–water partition coefficient (Wildman–Crippen LogP) is 1.89. The molecule has 3 heterocycles. The van der Waals surface area contributed by atoms with Gasteiger partial charge in [0.2, 0.25) is 0 Å². The standard InChI is InChI=1S/C13H13N3O2S/c1-8(17)9-2-4-16(6-9)7-11-14-10-3-5-19-12(10)13(18)15-11/h2-6,8,17H,7H2,1H3,(H,14,15,18). The van der Waals surface area contributed by atoms with E-state index in [4.69, 9.17) is 0 Å².